The third-order valence-electron chi connectivity index (χ3n) is 2.22. The lowest BCUT2D eigenvalue weighted by molar-refractivity contribution is 1.15. The standard InChI is InChI=1S/C12H14N4S/c1-13-12-14-7-6-11(16-12)15-9-4-3-5-10(8-9)17-2/h3-8H,1-2H3,(H2,13,14,15,16). The van der Waals surface area contributed by atoms with E-state index in [9.17, 15) is 0 Å². The van der Waals surface area contributed by atoms with Gasteiger partial charge in [0.25, 0.3) is 0 Å². The Bertz CT molecular complexity index is 456. The summed E-state index contributed by atoms with van der Waals surface area (Å²) in [5, 5.41) is 6.16. The molecule has 0 aliphatic heterocycles. The Morgan fingerprint density at radius 1 is 1.24 bits per heavy atom. The fraction of sp³-hybridized carbons (Fsp3) is 0.167. The Balaban J connectivity index is 2.18. The van der Waals surface area contributed by atoms with E-state index in [-0.39, 0.29) is 0 Å². The largest absolute Gasteiger partial charge is 0.357 e. The molecular formula is C12H14N4S. The monoisotopic (exact) mass is 246 g/mol. The van der Waals surface area contributed by atoms with E-state index in [2.05, 4.69) is 39.0 Å². The Hall–Kier alpha value is -1.75. The zero-order valence-electron chi connectivity index (χ0n) is 9.77. The first-order valence-corrected chi connectivity index (χ1v) is 6.46. The van der Waals surface area contributed by atoms with E-state index in [4.69, 9.17) is 0 Å². The minimum absolute atomic E-state index is 0.607. The van der Waals surface area contributed by atoms with Gasteiger partial charge < -0.3 is 10.6 Å². The Labute approximate surface area is 105 Å². The Morgan fingerprint density at radius 2 is 2.12 bits per heavy atom. The van der Waals surface area contributed by atoms with Gasteiger partial charge in [0.2, 0.25) is 5.95 Å². The molecule has 0 aliphatic carbocycles. The maximum Gasteiger partial charge on any atom is 0.224 e. The lowest BCUT2D eigenvalue weighted by atomic mass is 10.3. The van der Waals surface area contributed by atoms with E-state index < -0.39 is 0 Å². The van der Waals surface area contributed by atoms with Crippen molar-refractivity contribution < 1.29 is 0 Å². The van der Waals surface area contributed by atoms with Gasteiger partial charge in [0.15, 0.2) is 0 Å². The highest BCUT2D eigenvalue weighted by Crippen LogP contribution is 2.21. The molecule has 0 atom stereocenters. The lowest BCUT2D eigenvalue weighted by Crippen LogP contribution is -1.99. The molecule has 2 N–H and O–H groups in total. The summed E-state index contributed by atoms with van der Waals surface area (Å²) in [5.41, 5.74) is 1.03. The third-order valence-corrected chi connectivity index (χ3v) is 2.95. The summed E-state index contributed by atoms with van der Waals surface area (Å²) in [4.78, 5) is 9.59. The van der Waals surface area contributed by atoms with Crippen molar-refractivity contribution in [3.8, 4) is 0 Å². The van der Waals surface area contributed by atoms with E-state index in [1.165, 1.54) is 4.90 Å². The van der Waals surface area contributed by atoms with Crippen LogP contribution in [-0.2, 0) is 0 Å². The molecule has 2 rings (SSSR count). The highest BCUT2D eigenvalue weighted by molar-refractivity contribution is 7.98. The van der Waals surface area contributed by atoms with Crippen LogP contribution in [0.15, 0.2) is 41.4 Å². The predicted molar refractivity (Wildman–Crippen MR) is 73.1 cm³/mol. The number of nitrogens with zero attached hydrogens (tertiary/aromatic N) is 2. The maximum atomic E-state index is 4.30. The molecule has 5 heteroatoms. The quantitative estimate of drug-likeness (QED) is 0.812. The van der Waals surface area contributed by atoms with Gasteiger partial charge in [-0.25, -0.2) is 4.98 Å². The molecule has 2 aromatic rings. The van der Waals surface area contributed by atoms with E-state index in [1.807, 2.05) is 18.2 Å². The van der Waals surface area contributed by atoms with Crippen LogP contribution in [0.1, 0.15) is 0 Å². The van der Waals surface area contributed by atoms with Gasteiger partial charge in [-0.2, -0.15) is 4.98 Å². The average molecular weight is 246 g/mol. The molecule has 0 spiro atoms. The number of aromatic nitrogens is 2. The van der Waals surface area contributed by atoms with Gasteiger partial charge in [-0.15, -0.1) is 11.8 Å². The number of hydrogen-bond donors (Lipinski definition) is 2. The highest BCUT2D eigenvalue weighted by Gasteiger charge is 1.99. The summed E-state index contributed by atoms with van der Waals surface area (Å²) in [6.45, 7) is 0. The molecule has 0 fully saturated rings. The maximum absolute atomic E-state index is 4.30. The van der Waals surface area contributed by atoms with Crippen LogP contribution in [0.2, 0.25) is 0 Å². The first-order chi connectivity index (χ1) is 8.31. The van der Waals surface area contributed by atoms with Crippen molar-refractivity contribution >= 4 is 29.2 Å². The highest BCUT2D eigenvalue weighted by atomic mass is 32.2. The van der Waals surface area contributed by atoms with Gasteiger partial charge in [0.05, 0.1) is 0 Å². The molecule has 17 heavy (non-hydrogen) atoms. The topological polar surface area (TPSA) is 49.8 Å². The van der Waals surface area contributed by atoms with Crippen molar-refractivity contribution in [2.75, 3.05) is 23.9 Å². The molecule has 0 amide bonds. The number of hydrogen-bond acceptors (Lipinski definition) is 5. The van der Waals surface area contributed by atoms with Crippen LogP contribution in [0.4, 0.5) is 17.5 Å². The van der Waals surface area contributed by atoms with Crippen molar-refractivity contribution in [1.29, 1.82) is 0 Å². The van der Waals surface area contributed by atoms with Crippen LogP contribution >= 0.6 is 11.8 Å². The molecule has 1 aromatic carbocycles. The SMILES string of the molecule is CNc1nccc(Nc2cccc(SC)c2)n1. The van der Waals surface area contributed by atoms with Gasteiger partial charge in [0.1, 0.15) is 5.82 Å². The molecule has 1 aromatic heterocycles. The third kappa shape index (κ3) is 3.10. The summed E-state index contributed by atoms with van der Waals surface area (Å²) >= 11 is 1.72. The summed E-state index contributed by atoms with van der Waals surface area (Å²) in [5.74, 6) is 1.39. The van der Waals surface area contributed by atoms with Crippen molar-refractivity contribution in [1.82, 2.24) is 9.97 Å². The molecule has 0 saturated carbocycles. The van der Waals surface area contributed by atoms with Gasteiger partial charge in [0, 0.05) is 23.8 Å². The van der Waals surface area contributed by atoms with E-state index in [0.717, 1.165) is 11.5 Å². The van der Waals surface area contributed by atoms with Crippen LogP contribution in [0, 0.1) is 0 Å². The summed E-state index contributed by atoms with van der Waals surface area (Å²) in [6, 6.07) is 10.0. The molecule has 0 bridgehead atoms. The molecular weight excluding hydrogens is 232 g/mol. The van der Waals surface area contributed by atoms with Crippen LogP contribution < -0.4 is 10.6 Å². The number of thioether (sulfide) groups is 1. The number of benzene rings is 1. The van der Waals surface area contributed by atoms with Gasteiger partial charge in [-0.1, -0.05) is 6.07 Å². The Morgan fingerprint density at radius 3 is 2.88 bits per heavy atom. The fourth-order valence-electron chi connectivity index (χ4n) is 1.40. The second-order valence-electron chi connectivity index (χ2n) is 3.37. The molecule has 0 aliphatic rings. The molecule has 0 radical (unpaired) electrons. The predicted octanol–water partition coefficient (Wildman–Crippen LogP) is 2.98. The number of nitrogens with one attached hydrogen (secondary N) is 2. The van der Waals surface area contributed by atoms with Crippen molar-refractivity contribution in [2.24, 2.45) is 0 Å². The zero-order chi connectivity index (χ0) is 12.1. The Kier molecular flexibility index (Phi) is 3.82. The van der Waals surface area contributed by atoms with Gasteiger partial charge in [-0.05, 0) is 30.5 Å². The van der Waals surface area contributed by atoms with Crippen LogP contribution in [0.5, 0.6) is 0 Å². The lowest BCUT2D eigenvalue weighted by Gasteiger charge is -2.07. The fourth-order valence-corrected chi connectivity index (χ4v) is 1.86. The second-order valence-corrected chi connectivity index (χ2v) is 4.25. The normalized spacial score (nSPS) is 10.0. The van der Waals surface area contributed by atoms with E-state index in [0.29, 0.717) is 5.95 Å². The summed E-state index contributed by atoms with van der Waals surface area (Å²) < 4.78 is 0. The second kappa shape index (κ2) is 5.54. The molecule has 0 unspecified atom stereocenters. The molecule has 4 nitrogen and oxygen atoms in total. The smallest absolute Gasteiger partial charge is 0.224 e. The zero-order valence-corrected chi connectivity index (χ0v) is 10.6. The first-order valence-electron chi connectivity index (χ1n) is 5.23. The van der Waals surface area contributed by atoms with Crippen molar-refractivity contribution in [3.63, 3.8) is 0 Å². The minimum Gasteiger partial charge on any atom is -0.357 e. The molecule has 1 heterocycles. The van der Waals surface area contributed by atoms with Crippen molar-refractivity contribution in [3.05, 3.63) is 36.5 Å². The van der Waals surface area contributed by atoms with Crippen LogP contribution in [0.3, 0.4) is 0 Å². The van der Waals surface area contributed by atoms with E-state index in [1.54, 1.807) is 25.0 Å². The van der Waals surface area contributed by atoms with E-state index >= 15 is 0 Å². The van der Waals surface area contributed by atoms with Crippen LogP contribution in [-0.4, -0.2) is 23.3 Å². The minimum atomic E-state index is 0.607. The van der Waals surface area contributed by atoms with Gasteiger partial charge in [-0.3, -0.25) is 0 Å². The molecule has 0 saturated heterocycles. The summed E-state index contributed by atoms with van der Waals surface area (Å²) in [7, 11) is 1.80. The summed E-state index contributed by atoms with van der Waals surface area (Å²) in [6.07, 6.45) is 3.78. The molecule has 88 valence electrons. The number of rotatable bonds is 4. The number of anilines is 3. The van der Waals surface area contributed by atoms with Crippen molar-refractivity contribution in [2.45, 2.75) is 4.90 Å². The van der Waals surface area contributed by atoms with Crippen LogP contribution in [0.25, 0.3) is 0 Å². The van der Waals surface area contributed by atoms with Gasteiger partial charge >= 0.3 is 0 Å². The first kappa shape index (κ1) is 11.7. The average Bonchev–Trinajstić information content (AvgIpc) is 2.39.